The summed E-state index contributed by atoms with van der Waals surface area (Å²) < 4.78 is 4.43. The molecule has 3 aromatic heterocycles. The molecular formula is C22H22N4O2S. The number of aromatic nitrogens is 3. The molecule has 0 saturated heterocycles. The van der Waals surface area contributed by atoms with Crippen molar-refractivity contribution < 1.29 is 4.79 Å². The summed E-state index contributed by atoms with van der Waals surface area (Å²) in [5.41, 5.74) is 3.59. The average molecular weight is 407 g/mol. The molecule has 4 heterocycles. The van der Waals surface area contributed by atoms with Crippen LogP contribution >= 0.6 is 11.3 Å². The van der Waals surface area contributed by atoms with Crippen LogP contribution in [0, 0.1) is 6.92 Å². The third-order valence-corrected chi connectivity index (χ3v) is 6.81. The first-order valence-electron chi connectivity index (χ1n) is 9.88. The average Bonchev–Trinajstić information content (AvgIpc) is 3.32. The van der Waals surface area contributed by atoms with Crippen LogP contribution in [-0.2, 0) is 24.3 Å². The summed E-state index contributed by atoms with van der Waals surface area (Å²) in [4.78, 5) is 29.4. The van der Waals surface area contributed by atoms with Gasteiger partial charge in [-0.15, -0.1) is 11.3 Å². The Balaban J connectivity index is 1.57. The van der Waals surface area contributed by atoms with Gasteiger partial charge < -0.3 is 9.47 Å². The highest BCUT2D eigenvalue weighted by Crippen LogP contribution is 2.34. The summed E-state index contributed by atoms with van der Waals surface area (Å²) in [6, 6.07) is 10.1. The Kier molecular flexibility index (Phi) is 4.10. The second-order valence-corrected chi connectivity index (χ2v) is 8.89. The molecule has 7 heteroatoms. The van der Waals surface area contributed by atoms with Gasteiger partial charge in [0.2, 0.25) is 5.91 Å². The molecule has 1 aromatic carbocycles. The van der Waals surface area contributed by atoms with Gasteiger partial charge in [0.1, 0.15) is 12.1 Å². The van der Waals surface area contributed by atoms with E-state index < -0.39 is 0 Å². The van der Waals surface area contributed by atoms with Gasteiger partial charge in [-0.05, 0) is 44.9 Å². The van der Waals surface area contributed by atoms with Gasteiger partial charge >= 0.3 is 0 Å². The van der Waals surface area contributed by atoms with Crippen LogP contribution in [0.4, 0.5) is 5.69 Å². The van der Waals surface area contributed by atoms with Crippen molar-refractivity contribution in [3.8, 4) is 0 Å². The van der Waals surface area contributed by atoms with E-state index in [0.29, 0.717) is 12.1 Å². The molecule has 0 spiro atoms. The Morgan fingerprint density at radius 3 is 2.90 bits per heavy atom. The normalized spacial score (nSPS) is 16.1. The molecule has 4 aromatic rings. The molecule has 1 aliphatic rings. The van der Waals surface area contributed by atoms with E-state index in [4.69, 9.17) is 0 Å². The standard InChI is InChI=1S/C22H22N4O2S/c1-4-24-18-10-14(3)29-21(18)16-11-23-25(22(28)20(16)24)12-19(27)26-13(2)9-15-7-5-6-8-17(15)26/h5-8,10-11,13H,4,9,12H2,1-3H3. The number of nitrogens with zero attached hydrogens (tertiary/aromatic N) is 4. The molecule has 148 valence electrons. The second-order valence-electron chi connectivity index (χ2n) is 7.63. The number of rotatable bonds is 3. The molecule has 1 unspecified atom stereocenters. The number of carbonyl (C=O) groups is 1. The third-order valence-electron chi connectivity index (χ3n) is 5.74. The molecule has 1 aliphatic heterocycles. The number of para-hydroxylation sites is 1. The van der Waals surface area contributed by atoms with Crippen LogP contribution in [0.3, 0.4) is 0 Å². The zero-order chi connectivity index (χ0) is 20.3. The Morgan fingerprint density at radius 2 is 2.10 bits per heavy atom. The minimum atomic E-state index is -0.209. The first kappa shape index (κ1) is 18.1. The fraction of sp³-hybridized carbons (Fsp3) is 0.318. The molecule has 0 radical (unpaired) electrons. The van der Waals surface area contributed by atoms with Crippen molar-refractivity contribution >= 4 is 44.1 Å². The van der Waals surface area contributed by atoms with Gasteiger partial charge in [0, 0.05) is 28.5 Å². The van der Waals surface area contributed by atoms with Crippen molar-refractivity contribution in [2.24, 2.45) is 0 Å². The smallest absolute Gasteiger partial charge is 0.291 e. The third kappa shape index (κ3) is 2.64. The van der Waals surface area contributed by atoms with Crippen molar-refractivity contribution in [2.75, 3.05) is 4.90 Å². The number of hydrogen-bond acceptors (Lipinski definition) is 4. The van der Waals surface area contributed by atoms with E-state index in [1.165, 1.54) is 15.1 Å². The van der Waals surface area contributed by atoms with Crippen LogP contribution in [0.25, 0.3) is 21.1 Å². The summed E-state index contributed by atoms with van der Waals surface area (Å²) in [7, 11) is 0. The molecule has 6 nitrogen and oxygen atoms in total. The minimum absolute atomic E-state index is 0.0605. The summed E-state index contributed by atoms with van der Waals surface area (Å²) in [5.74, 6) is -0.108. The van der Waals surface area contributed by atoms with Gasteiger partial charge in [-0.3, -0.25) is 9.59 Å². The van der Waals surface area contributed by atoms with Gasteiger partial charge in [0.25, 0.3) is 5.56 Å². The van der Waals surface area contributed by atoms with E-state index >= 15 is 0 Å². The van der Waals surface area contributed by atoms with E-state index in [1.54, 1.807) is 22.4 Å². The van der Waals surface area contributed by atoms with Crippen molar-refractivity contribution in [3.05, 3.63) is 57.3 Å². The van der Waals surface area contributed by atoms with Gasteiger partial charge in [-0.25, -0.2) is 4.68 Å². The lowest BCUT2D eigenvalue weighted by atomic mass is 10.1. The summed E-state index contributed by atoms with van der Waals surface area (Å²) in [6.07, 6.45) is 2.56. The highest BCUT2D eigenvalue weighted by Gasteiger charge is 2.31. The van der Waals surface area contributed by atoms with E-state index in [-0.39, 0.29) is 24.1 Å². The Hall–Kier alpha value is -2.93. The van der Waals surface area contributed by atoms with Gasteiger partial charge in [-0.2, -0.15) is 5.10 Å². The first-order chi connectivity index (χ1) is 14.0. The van der Waals surface area contributed by atoms with Crippen molar-refractivity contribution in [2.45, 2.75) is 46.3 Å². The van der Waals surface area contributed by atoms with Crippen LogP contribution in [-0.4, -0.2) is 26.3 Å². The fourth-order valence-electron chi connectivity index (χ4n) is 4.51. The van der Waals surface area contributed by atoms with E-state index in [1.807, 2.05) is 36.6 Å². The lowest BCUT2D eigenvalue weighted by Gasteiger charge is -2.22. The summed E-state index contributed by atoms with van der Waals surface area (Å²) in [6.45, 7) is 6.77. The molecule has 0 saturated carbocycles. The van der Waals surface area contributed by atoms with Crippen molar-refractivity contribution in [3.63, 3.8) is 0 Å². The molecule has 0 aliphatic carbocycles. The number of amides is 1. The maximum absolute atomic E-state index is 13.3. The molecule has 5 rings (SSSR count). The van der Waals surface area contributed by atoms with Gasteiger partial charge in [0.15, 0.2) is 0 Å². The van der Waals surface area contributed by atoms with Crippen LogP contribution in [0.2, 0.25) is 0 Å². The number of fused-ring (bicyclic) bond motifs is 4. The number of carbonyl (C=O) groups excluding carboxylic acids is 1. The van der Waals surface area contributed by atoms with Gasteiger partial charge in [-0.1, -0.05) is 18.2 Å². The highest BCUT2D eigenvalue weighted by molar-refractivity contribution is 7.20. The van der Waals surface area contributed by atoms with Gasteiger partial charge in [0.05, 0.1) is 16.4 Å². The lowest BCUT2D eigenvalue weighted by molar-refractivity contribution is -0.119. The summed E-state index contributed by atoms with van der Waals surface area (Å²) in [5, 5.41) is 5.22. The molecule has 0 N–H and O–H groups in total. The lowest BCUT2D eigenvalue weighted by Crippen LogP contribution is -2.40. The quantitative estimate of drug-likeness (QED) is 0.521. The molecule has 1 atom stereocenters. The van der Waals surface area contributed by atoms with E-state index in [9.17, 15) is 9.59 Å². The number of anilines is 1. The Bertz CT molecular complexity index is 1330. The van der Waals surface area contributed by atoms with Crippen LogP contribution < -0.4 is 10.5 Å². The second kappa shape index (κ2) is 6.56. The number of hydrogen-bond donors (Lipinski definition) is 0. The van der Waals surface area contributed by atoms with Crippen molar-refractivity contribution in [1.29, 1.82) is 0 Å². The first-order valence-corrected chi connectivity index (χ1v) is 10.7. The van der Waals surface area contributed by atoms with Crippen LogP contribution in [0.5, 0.6) is 0 Å². The molecular weight excluding hydrogens is 384 g/mol. The minimum Gasteiger partial charge on any atom is -0.335 e. The van der Waals surface area contributed by atoms with E-state index in [2.05, 4.69) is 24.2 Å². The SMILES string of the molecule is CCn1c2cc(C)sc2c2cnn(CC(=O)N3c4ccccc4CC3C)c(=O)c21. The Labute approximate surface area is 172 Å². The topological polar surface area (TPSA) is 60.1 Å². The predicted octanol–water partition coefficient (Wildman–Crippen LogP) is 3.72. The molecule has 0 fully saturated rings. The summed E-state index contributed by atoms with van der Waals surface area (Å²) >= 11 is 1.68. The monoisotopic (exact) mass is 406 g/mol. The zero-order valence-corrected chi connectivity index (χ0v) is 17.5. The molecule has 29 heavy (non-hydrogen) atoms. The largest absolute Gasteiger partial charge is 0.335 e. The predicted molar refractivity (Wildman–Crippen MR) is 117 cm³/mol. The maximum atomic E-state index is 13.3. The number of aryl methyl sites for hydroxylation is 2. The fourth-order valence-corrected chi connectivity index (χ4v) is 5.54. The zero-order valence-electron chi connectivity index (χ0n) is 16.7. The Morgan fingerprint density at radius 1 is 1.31 bits per heavy atom. The van der Waals surface area contributed by atoms with Crippen LogP contribution in [0.15, 0.2) is 41.3 Å². The van der Waals surface area contributed by atoms with E-state index in [0.717, 1.165) is 27.7 Å². The van der Waals surface area contributed by atoms with Crippen molar-refractivity contribution in [1.82, 2.24) is 14.3 Å². The number of benzene rings is 1. The van der Waals surface area contributed by atoms with Crippen LogP contribution in [0.1, 0.15) is 24.3 Å². The molecule has 0 bridgehead atoms. The molecule has 1 amide bonds. The maximum Gasteiger partial charge on any atom is 0.291 e. The highest BCUT2D eigenvalue weighted by atomic mass is 32.1. The number of thiophene rings is 1.